The highest BCUT2D eigenvalue weighted by Crippen LogP contribution is 2.18. The maximum atomic E-state index is 12.8. The summed E-state index contributed by atoms with van der Waals surface area (Å²) >= 11 is 0. The Morgan fingerprint density at radius 2 is 1.72 bits per heavy atom. The summed E-state index contributed by atoms with van der Waals surface area (Å²) in [7, 11) is 0. The van der Waals surface area contributed by atoms with Gasteiger partial charge in [-0.1, -0.05) is 20.8 Å². The summed E-state index contributed by atoms with van der Waals surface area (Å²) in [5.41, 5.74) is -0.193. The first-order valence-electron chi connectivity index (χ1n) is 8.58. The molecule has 0 spiro atoms. The van der Waals surface area contributed by atoms with Gasteiger partial charge < -0.3 is 20.1 Å². The maximum Gasteiger partial charge on any atom is 0.317 e. The highest BCUT2D eigenvalue weighted by Gasteiger charge is 2.28. The lowest BCUT2D eigenvalue weighted by atomic mass is 9.95. The molecule has 1 aliphatic heterocycles. The number of nitrogens with zero attached hydrogens (tertiary/aromatic N) is 3. The largest absolute Gasteiger partial charge is 0.338 e. The SMILES string of the molecule is CCNC(=O)N1CCN(C(=O)c2c(C)nc(C(C)(C)C)[nH]c2=O)CC1. The molecule has 138 valence electrons. The number of hydrogen-bond acceptors (Lipinski definition) is 4. The minimum absolute atomic E-state index is 0.0828. The third-order valence-electron chi connectivity index (χ3n) is 4.21. The first-order chi connectivity index (χ1) is 11.6. The summed E-state index contributed by atoms with van der Waals surface area (Å²) in [5.74, 6) is 0.231. The molecule has 0 aromatic carbocycles. The van der Waals surface area contributed by atoms with Crippen LogP contribution in [0.5, 0.6) is 0 Å². The minimum atomic E-state index is -0.409. The lowest BCUT2D eigenvalue weighted by Gasteiger charge is -2.34. The summed E-state index contributed by atoms with van der Waals surface area (Å²) in [4.78, 5) is 47.4. The molecule has 1 aliphatic rings. The molecule has 1 aromatic rings. The number of aryl methyl sites for hydroxylation is 1. The Morgan fingerprint density at radius 3 is 2.20 bits per heavy atom. The minimum Gasteiger partial charge on any atom is -0.338 e. The van der Waals surface area contributed by atoms with Crippen molar-refractivity contribution in [3.8, 4) is 0 Å². The second-order valence-corrected chi connectivity index (χ2v) is 7.24. The second kappa shape index (κ2) is 7.25. The molecule has 0 saturated carbocycles. The molecule has 2 N–H and O–H groups in total. The molecule has 0 atom stereocenters. The van der Waals surface area contributed by atoms with E-state index in [-0.39, 0.29) is 22.9 Å². The van der Waals surface area contributed by atoms with E-state index in [1.807, 2.05) is 27.7 Å². The lowest BCUT2D eigenvalue weighted by molar-refractivity contribution is 0.0662. The van der Waals surface area contributed by atoms with Crippen molar-refractivity contribution in [3.63, 3.8) is 0 Å². The van der Waals surface area contributed by atoms with Crippen LogP contribution in [0.15, 0.2) is 4.79 Å². The van der Waals surface area contributed by atoms with E-state index < -0.39 is 5.56 Å². The quantitative estimate of drug-likeness (QED) is 0.827. The van der Waals surface area contributed by atoms with Crippen molar-refractivity contribution in [1.82, 2.24) is 25.1 Å². The number of nitrogens with one attached hydrogen (secondary N) is 2. The number of rotatable bonds is 2. The van der Waals surface area contributed by atoms with Crippen LogP contribution in [-0.2, 0) is 5.41 Å². The maximum absolute atomic E-state index is 12.8. The van der Waals surface area contributed by atoms with E-state index in [0.29, 0.717) is 44.2 Å². The molecule has 8 nitrogen and oxygen atoms in total. The zero-order chi connectivity index (χ0) is 18.8. The number of urea groups is 1. The van der Waals surface area contributed by atoms with Crippen molar-refractivity contribution in [2.45, 2.75) is 40.0 Å². The molecule has 3 amide bonds. The normalized spacial score (nSPS) is 15.2. The molecular formula is C17H27N5O3. The van der Waals surface area contributed by atoms with Gasteiger partial charge in [0.1, 0.15) is 11.4 Å². The number of aromatic amines is 1. The summed E-state index contributed by atoms with van der Waals surface area (Å²) < 4.78 is 0. The molecule has 1 fully saturated rings. The number of H-pyrrole nitrogens is 1. The molecule has 2 rings (SSSR count). The van der Waals surface area contributed by atoms with Gasteiger partial charge in [0.15, 0.2) is 0 Å². The Balaban J connectivity index is 2.15. The van der Waals surface area contributed by atoms with Crippen LogP contribution in [0.2, 0.25) is 0 Å². The molecule has 0 bridgehead atoms. The average molecular weight is 349 g/mol. The number of carbonyl (C=O) groups is 2. The van der Waals surface area contributed by atoms with E-state index in [0.717, 1.165) is 0 Å². The standard InChI is InChI=1S/C17H27N5O3/c1-6-18-16(25)22-9-7-21(8-10-22)14(24)12-11(2)19-15(17(3,4)5)20-13(12)23/h6-10H2,1-5H3,(H,18,25)(H,19,20,23). The number of hydrogen-bond donors (Lipinski definition) is 2. The first-order valence-corrected chi connectivity index (χ1v) is 8.58. The Kier molecular flexibility index (Phi) is 5.49. The fourth-order valence-corrected chi connectivity index (χ4v) is 2.73. The van der Waals surface area contributed by atoms with Gasteiger partial charge in [-0.25, -0.2) is 9.78 Å². The highest BCUT2D eigenvalue weighted by atomic mass is 16.2. The Labute approximate surface area is 147 Å². The number of amides is 3. The van der Waals surface area contributed by atoms with Crippen LogP contribution in [0, 0.1) is 6.92 Å². The van der Waals surface area contributed by atoms with Gasteiger partial charge >= 0.3 is 6.03 Å². The molecule has 2 heterocycles. The zero-order valence-electron chi connectivity index (χ0n) is 15.6. The summed E-state index contributed by atoms with van der Waals surface area (Å²) in [5, 5.41) is 2.75. The number of aromatic nitrogens is 2. The van der Waals surface area contributed by atoms with Gasteiger partial charge in [-0.3, -0.25) is 9.59 Å². The fourth-order valence-electron chi connectivity index (χ4n) is 2.73. The first kappa shape index (κ1) is 19.0. The van der Waals surface area contributed by atoms with Gasteiger partial charge in [0, 0.05) is 38.1 Å². The van der Waals surface area contributed by atoms with Crippen molar-refractivity contribution in [2.75, 3.05) is 32.7 Å². The topological polar surface area (TPSA) is 98.4 Å². The zero-order valence-corrected chi connectivity index (χ0v) is 15.6. The van der Waals surface area contributed by atoms with E-state index in [9.17, 15) is 14.4 Å². The monoisotopic (exact) mass is 349 g/mol. The molecule has 25 heavy (non-hydrogen) atoms. The highest BCUT2D eigenvalue weighted by molar-refractivity contribution is 5.95. The predicted molar refractivity (Wildman–Crippen MR) is 94.8 cm³/mol. The summed E-state index contributed by atoms with van der Waals surface area (Å²) in [6.07, 6.45) is 0. The summed E-state index contributed by atoms with van der Waals surface area (Å²) in [6, 6.07) is -0.125. The van der Waals surface area contributed by atoms with Gasteiger partial charge in [-0.2, -0.15) is 0 Å². The predicted octanol–water partition coefficient (Wildman–Crippen LogP) is 0.863. The third kappa shape index (κ3) is 4.18. The van der Waals surface area contributed by atoms with E-state index in [4.69, 9.17) is 0 Å². The molecule has 1 saturated heterocycles. The number of carbonyl (C=O) groups excluding carboxylic acids is 2. The van der Waals surface area contributed by atoms with E-state index in [2.05, 4.69) is 15.3 Å². The van der Waals surface area contributed by atoms with Crippen LogP contribution in [0.3, 0.4) is 0 Å². The molecule has 1 aromatic heterocycles. The van der Waals surface area contributed by atoms with E-state index >= 15 is 0 Å². The van der Waals surface area contributed by atoms with Crippen molar-refractivity contribution >= 4 is 11.9 Å². The van der Waals surface area contributed by atoms with Gasteiger partial charge in [0.2, 0.25) is 0 Å². The van der Waals surface area contributed by atoms with E-state index in [1.54, 1.807) is 16.7 Å². The second-order valence-electron chi connectivity index (χ2n) is 7.24. The Hall–Kier alpha value is -2.38. The molecule has 0 aliphatic carbocycles. The molecule has 0 radical (unpaired) electrons. The van der Waals surface area contributed by atoms with Crippen LogP contribution in [0.4, 0.5) is 4.79 Å². The van der Waals surface area contributed by atoms with Crippen LogP contribution >= 0.6 is 0 Å². The van der Waals surface area contributed by atoms with Crippen LogP contribution < -0.4 is 10.9 Å². The Morgan fingerprint density at radius 1 is 1.16 bits per heavy atom. The van der Waals surface area contributed by atoms with Crippen LogP contribution in [0.1, 0.15) is 49.6 Å². The van der Waals surface area contributed by atoms with Crippen LogP contribution in [-0.4, -0.2) is 64.4 Å². The van der Waals surface area contributed by atoms with Crippen LogP contribution in [0.25, 0.3) is 0 Å². The van der Waals surface area contributed by atoms with Gasteiger partial charge in [-0.05, 0) is 13.8 Å². The van der Waals surface area contributed by atoms with Gasteiger partial charge in [-0.15, -0.1) is 0 Å². The average Bonchev–Trinajstić information content (AvgIpc) is 2.53. The lowest BCUT2D eigenvalue weighted by Crippen LogP contribution is -2.53. The number of piperazine rings is 1. The Bertz CT molecular complexity index is 712. The van der Waals surface area contributed by atoms with Crippen molar-refractivity contribution in [1.29, 1.82) is 0 Å². The van der Waals surface area contributed by atoms with Crippen molar-refractivity contribution in [2.24, 2.45) is 0 Å². The van der Waals surface area contributed by atoms with Gasteiger partial charge in [0.25, 0.3) is 11.5 Å². The summed E-state index contributed by atoms with van der Waals surface area (Å²) in [6.45, 7) is 11.7. The third-order valence-corrected chi connectivity index (χ3v) is 4.21. The molecular weight excluding hydrogens is 322 g/mol. The molecule has 0 unspecified atom stereocenters. The van der Waals surface area contributed by atoms with Gasteiger partial charge in [0.05, 0.1) is 5.69 Å². The van der Waals surface area contributed by atoms with E-state index in [1.165, 1.54) is 0 Å². The fraction of sp³-hybridized carbons (Fsp3) is 0.647. The smallest absolute Gasteiger partial charge is 0.317 e. The van der Waals surface area contributed by atoms with Crippen molar-refractivity contribution < 1.29 is 9.59 Å². The van der Waals surface area contributed by atoms with Crippen molar-refractivity contribution in [3.05, 3.63) is 27.4 Å². The molecule has 8 heteroatoms.